The van der Waals surface area contributed by atoms with Crippen LogP contribution in [0.15, 0.2) is 29.2 Å². The van der Waals surface area contributed by atoms with E-state index in [-0.39, 0.29) is 29.0 Å². The molecule has 2 aromatic rings. The summed E-state index contributed by atoms with van der Waals surface area (Å²) in [5.41, 5.74) is 1.56. The number of hydrogen-bond acceptors (Lipinski definition) is 7. The van der Waals surface area contributed by atoms with Crippen molar-refractivity contribution < 1.29 is 17.9 Å². The molecule has 1 amide bonds. The number of aromatic nitrogens is 2. The fourth-order valence-electron chi connectivity index (χ4n) is 3.51. The predicted molar refractivity (Wildman–Crippen MR) is 118 cm³/mol. The van der Waals surface area contributed by atoms with E-state index in [0.717, 1.165) is 11.3 Å². The summed E-state index contributed by atoms with van der Waals surface area (Å²) in [5.74, 6) is 1.36. The Morgan fingerprint density at radius 1 is 1.19 bits per heavy atom. The maximum Gasteiger partial charge on any atom is 0.246 e. The third-order valence-corrected chi connectivity index (χ3v) is 7.19. The van der Waals surface area contributed by atoms with Gasteiger partial charge >= 0.3 is 0 Å². The molecule has 1 atom stereocenters. The molecule has 9 nitrogen and oxygen atoms in total. The lowest BCUT2D eigenvalue weighted by Gasteiger charge is -2.21. The number of sulfonamides is 1. The van der Waals surface area contributed by atoms with Crippen LogP contribution in [0, 0.1) is 6.92 Å². The first-order valence-electron chi connectivity index (χ1n) is 9.93. The van der Waals surface area contributed by atoms with Gasteiger partial charge in [0.15, 0.2) is 0 Å². The van der Waals surface area contributed by atoms with E-state index in [1.165, 1.54) is 18.5 Å². The van der Waals surface area contributed by atoms with E-state index in [0.29, 0.717) is 24.6 Å². The zero-order valence-electron chi connectivity index (χ0n) is 18.8. The molecule has 0 bridgehead atoms. The average molecular weight is 448 g/mol. The molecule has 1 aromatic carbocycles. The van der Waals surface area contributed by atoms with Gasteiger partial charge in [0.25, 0.3) is 0 Å². The minimum absolute atomic E-state index is 0.00931. The van der Waals surface area contributed by atoms with Crippen molar-refractivity contribution in [1.82, 2.24) is 19.2 Å². The van der Waals surface area contributed by atoms with Gasteiger partial charge in [-0.1, -0.05) is 6.07 Å². The minimum Gasteiger partial charge on any atom is -0.495 e. The average Bonchev–Trinajstić information content (AvgIpc) is 3.06. The molecule has 1 aliphatic heterocycles. The summed E-state index contributed by atoms with van der Waals surface area (Å²) < 4.78 is 33.0. The number of methoxy groups -OCH3 is 1. The van der Waals surface area contributed by atoms with Gasteiger partial charge in [-0.2, -0.15) is 4.31 Å². The highest BCUT2D eigenvalue weighted by molar-refractivity contribution is 7.89. The van der Waals surface area contributed by atoms with Crippen LogP contribution in [0.1, 0.15) is 29.4 Å². The van der Waals surface area contributed by atoms with Crippen LogP contribution in [-0.2, 0) is 21.4 Å². The Morgan fingerprint density at radius 2 is 1.90 bits per heavy atom. The van der Waals surface area contributed by atoms with E-state index in [1.54, 1.807) is 30.1 Å². The molecule has 10 heteroatoms. The van der Waals surface area contributed by atoms with Crippen molar-refractivity contribution in [2.24, 2.45) is 0 Å². The van der Waals surface area contributed by atoms with Crippen LogP contribution in [0.5, 0.6) is 5.75 Å². The second kappa shape index (κ2) is 8.80. The number of hydrogen-bond donors (Lipinski definition) is 0. The van der Waals surface area contributed by atoms with E-state index in [4.69, 9.17) is 4.74 Å². The molecular formula is C21H29N5O4S. The lowest BCUT2D eigenvalue weighted by molar-refractivity contribution is -0.126. The number of rotatable bonds is 7. The molecule has 0 spiro atoms. The number of carbonyl (C=O) groups excluding carboxylic acids is 1. The second-order valence-electron chi connectivity index (χ2n) is 8.05. The van der Waals surface area contributed by atoms with E-state index < -0.39 is 10.0 Å². The number of likely N-dealkylation sites (N-methyl/N-ethyl adjacent to an activating group) is 1. The number of aryl methyl sites for hydroxylation is 1. The monoisotopic (exact) mass is 447 g/mol. The van der Waals surface area contributed by atoms with Crippen LogP contribution in [0.25, 0.3) is 0 Å². The Hall–Kier alpha value is -2.72. The van der Waals surface area contributed by atoms with Gasteiger partial charge < -0.3 is 14.5 Å². The summed E-state index contributed by atoms with van der Waals surface area (Å²) in [4.78, 5) is 24.8. The zero-order chi connectivity index (χ0) is 22.9. The standard InChI is InChI=1S/C21H29N5O4S/c1-14-7-8-17(30-6)18(9-14)31(28,29)26(5)13-19-22-16(11-20(23-19)24(2)3)15-10-21(27)25(4)12-15/h7-9,11,15H,10,12-13H2,1-6H3/t15-/m1/s1. The van der Waals surface area contributed by atoms with E-state index >= 15 is 0 Å². The Balaban J connectivity index is 1.94. The Bertz CT molecular complexity index is 1090. The summed E-state index contributed by atoms with van der Waals surface area (Å²) in [6.45, 7) is 2.40. The lowest BCUT2D eigenvalue weighted by Crippen LogP contribution is -2.28. The molecule has 0 N–H and O–H groups in total. The van der Waals surface area contributed by atoms with Gasteiger partial charge in [0, 0.05) is 53.1 Å². The van der Waals surface area contributed by atoms with E-state index in [1.807, 2.05) is 32.0 Å². The quantitative estimate of drug-likeness (QED) is 0.636. The maximum absolute atomic E-state index is 13.2. The number of carbonyl (C=O) groups is 1. The highest BCUT2D eigenvalue weighted by Crippen LogP contribution is 2.30. The van der Waals surface area contributed by atoms with Gasteiger partial charge in [-0.25, -0.2) is 18.4 Å². The first-order valence-corrected chi connectivity index (χ1v) is 11.4. The van der Waals surface area contributed by atoms with Crippen molar-refractivity contribution in [3.8, 4) is 5.75 Å². The molecule has 31 heavy (non-hydrogen) atoms. The van der Waals surface area contributed by atoms with Gasteiger partial charge in [0.1, 0.15) is 22.3 Å². The molecular weight excluding hydrogens is 418 g/mol. The SMILES string of the molecule is COc1ccc(C)cc1S(=O)(=O)N(C)Cc1nc([C@@H]2CC(=O)N(C)C2)cc(N(C)C)n1. The molecule has 168 valence electrons. The van der Waals surface area contributed by atoms with Crippen molar-refractivity contribution in [2.45, 2.75) is 30.7 Å². The Kier molecular flexibility index (Phi) is 6.51. The predicted octanol–water partition coefficient (Wildman–Crippen LogP) is 1.63. The third-order valence-electron chi connectivity index (χ3n) is 5.37. The van der Waals surface area contributed by atoms with Crippen LogP contribution in [0.3, 0.4) is 0 Å². The summed E-state index contributed by atoms with van der Waals surface area (Å²) in [6, 6.07) is 6.89. The molecule has 0 aliphatic carbocycles. The van der Waals surface area contributed by atoms with Crippen LogP contribution in [0.4, 0.5) is 5.82 Å². The van der Waals surface area contributed by atoms with Gasteiger partial charge in [-0.15, -0.1) is 0 Å². The fraction of sp³-hybridized carbons (Fsp3) is 0.476. The Labute approximate surface area is 183 Å². The van der Waals surface area contributed by atoms with Crippen LogP contribution >= 0.6 is 0 Å². The van der Waals surface area contributed by atoms with Crippen molar-refractivity contribution in [2.75, 3.05) is 46.7 Å². The second-order valence-corrected chi connectivity index (χ2v) is 10.1. The van der Waals surface area contributed by atoms with Crippen LogP contribution in [0.2, 0.25) is 0 Å². The number of ether oxygens (including phenoxy) is 1. The lowest BCUT2D eigenvalue weighted by atomic mass is 10.0. The maximum atomic E-state index is 13.2. The van der Waals surface area contributed by atoms with Gasteiger partial charge in [0.2, 0.25) is 15.9 Å². The number of anilines is 1. The van der Waals surface area contributed by atoms with Crippen LogP contribution in [-0.4, -0.2) is 75.3 Å². The molecule has 0 radical (unpaired) electrons. The normalized spacial score (nSPS) is 16.8. The first-order chi connectivity index (χ1) is 14.5. The summed E-state index contributed by atoms with van der Waals surface area (Å²) in [7, 11) is 4.60. The van der Waals surface area contributed by atoms with Gasteiger partial charge in [-0.3, -0.25) is 4.79 Å². The Morgan fingerprint density at radius 3 is 2.48 bits per heavy atom. The number of nitrogens with zero attached hydrogens (tertiary/aromatic N) is 5. The van der Waals surface area contributed by atoms with E-state index in [9.17, 15) is 13.2 Å². The molecule has 2 heterocycles. The molecule has 1 fully saturated rings. The van der Waals surface area contributed by atoms with Crippen molar-refractivity contribution in [1.29, 1.82) is 0 Å². The minimum atomic E-state index is -3.83. The summed E-state index contributed by atoms with van der Waals surface area (Å²) in [5, 5.41) is 0. The van der Waals surface area contributed by atoms with Crippen molar-refractivity contribution in [3.05, 3.63) is 41.3 Å². The molecule has 0 unspecified atom stereocenters. The molecule has 1 aromatic heterocycles. The smallest absolute Gasteiger partial charge is 0.246 e. The van der Waals surface area contributed by atoms with Crippen molar-refractivity contribution >= 4 is 21.7 Å². The van der Waals surface area contributed by atoms with Crippen molar-refractivity contribution in [3.63, 3.8) is 0 Å². The molecule has 3 rings (SSSR count). The zero-order valence-corrected chi connectivity index (χ0v) is 19.6. The topological polar surface area (TPSA) is 95.9 Å². The summed E-state index contributed by atoms with van der Waals surface area (Å²) >= 11 is 0. The van der Waals surface area contributed by atoms with Gasteiger partial charge in [-0.05, 0) is 24.6 Å². The third kappa shape index (κ3) is 4.80. The van der Waals surface area contributed by atoms with Crippen LogP contribution < -0.4 is 9.64 Å². The van der Waals surface area contributed by atoms with E-state index in [2.05, 4.69) is 9.97 Å². The largest absolute Gasteiger partial charge is 0.495 e. The highest BCUT2D eigenvalue weighted by atomic mass is 32.2. The highest BCUT2D eigenvalue weighted by Gasteiger charge is 2.31. The molecule has 0 saturated carbocycles. The number of benzene rings is 1. The fourth-order valence-corrected chi connectivity index (χ4v) is 4.87. The first kappa shape index (κ1) is 23.0. The molecule has 1 aliphatic rings. The number of amides is 1. The van der Waals surface area contributed by atoms with Gasteiger partial charge in [0.05, 0.1) is 19.3 Å². The summed E-state index contributed by atoms with van der Waals surface area (Å²) in [6.07, 6.45) is 0.383. The number of likely N-dealkylation sites (tertiary alicyclic amines) is 1. The molecule has 1 saturated heterocycles.